The van der Waals surface area contributed by atoms with Crippen LogP contribution in [0.3, 0.4) is 0 Å². The summed E-state index contributed by atoms with van der Waals surface area (Å²) in [5.74, 6) is -3.00. The second-order valence-corrected chi connectivity index (χ2v) is 7.44. The average molecular weight is 354 g/mol. The smallest absolute Gasteiger partial charge is 0.261 e. The van der Waals surface area contributed by atoms with Crippen LogP contribution in [0.2, 0.25) is 0 Å². The third-order valence-corrected chi connectivity index (χ3v) is 5.35. The molecule has 2 rings (SSSR count). The maximum absolute atomic E-state index is 13.6. The predicted molar refractivity (Wildman–Crippen MR) is 86.4 cm³/mol. The number of carbonyl (C=O) groups excluding carboxylic acids is 1. The first-order valence-corrected chi connectivity index (χ1v) is 8.37. The van der Waals surface area contributed by atoms with Gasteiger partial charge in [0.05, 0.1) is 4.90 Å². The van der Waals surface area contributed by atoms with Gasteiger partial charge in [-0.1, -0.05) is 12.1 Å². The molecule has 0 unspecified atom stereocenters. The lowest BCUT2D eigenvalue weighted by molar-refractivity contribution is 0.101. The second kappa shape index (κ2) is 6.66. The van der Waals surface area contributed by atoms with Crippen LogP contribution in [0.4, 0.5) is 14.5 Å². The van der Waals surface area contributed by atoms with Gasteiger partial charge in [0.25, 0.3) is 5.91 Å². The zero-order valence-corrected chi connectivity index (χ0v) is 14.1. The highest BCUT2D eigenvalue weighted by Gasteiger charge is 2.22. The normalized spacial score (nSPS) is 11.6. The summed E-state index contributed by atoms with van der Waals surface area (Å²) in [6, 6.07) is 7.30. The van der Waals surface area contributed by atoms with E-state index in [0.29, 0.717) is 5.56 Å². The van der Waals surface area contributed by atoms with Crippen molar-refractivity contribution >= 4 is 21.6 Å². The van der Waals surface area contributed by atoms with Crippen LogP contribution in [-0.4, -0.2) is 32.7 Å². The van der Waals surface area contributed by atoms with Gasteiger partial charge in [-0.3, -0.25) is 4.79 Å². The largest absolute Gasteiger partial charge is 0.322 e. The van der Waals surface area contributed by atoms with E-state index in [9.17, 15) is 22.0 Å². The van der Waals surface area contributed by atoms with Gasteiger partial charge in [0.1, 0.15) is 17.2 Å². The van der Waals surface area contributed by atoms with E-state index in [1.807, 2.05) is 0 Å². The van der Waals surface area contributed by atoms with Crippen molar-refractivity contribution in [3.63, 3.8) is 0 Å². The van der Waals surface area contributed by atoms with Gasteiger partial charge >= 0.3 is 0 Å². The molecule has 0 bridgehead atoms. The fourth-order valence-corrected chi connectivity index (χ4v) is 3.20. The van der Waals surface area contributed by atoms with Crippen LogP contribution in [0.25, 0.3) is 0 Å². The van der Waals surface area contributed by atoms with Crippen molar-refractivity contribution in [2.75, 3.05) is 19.4 Å². The van der Waals surface area contributed by atoms with Crippen LogP contribution in [0.15, 0.2) is 41.3 Å². The number of benzene rings is 2. The van der Waals surface area contributed by atoms with Gasteiger partial charge in [-0.05, 0) is 36.8 Å². The summed E-state index contributed by atoms with van der Waals surface area (Å²) in [7, 11) is -0.946. The van der Waals surface area contributed by atoms with E-state index in [1.165, 1.54) is 32.3 Å². The van der Waals surface area contributed by atoms with Crippen LogP contribution in [0.1, 0.15) is 15.9 Å². The van der Waals surface area contributed by atoms with Gasteiger partial charge in [0, 0.05) is 19.8 Å². The maximum Gasteiger partial charge on any atom is 0.261 e. The first kappa shape index (κ1) is 18.0. The molecule has 0 aromatic heterocycles. The van der Waals surface area contributed by atoms with E-state index in [2.05, 4.69) is 5.32 Å². The average Bonchev–Trinajstić information content (AvgIpc) is 2.48. The summed E-state index contributed by atoms with van der Waals surface area (Å²) >= 11 is 0. The fraction of sp³-hybridized carbons (Fsp3) is 0.188. The number of anilines is 1. The Hall–Kier alpha value is -2.32. The third kappa shape index (κ3) is 3.44. The van der Waals surface area contributed by atoms with Crippen molar-refractivity contribution in [1.29, 1.82) is 0 Å². The highest BCUT2D eigenvalue weighted by molar-refractivity contribution is 7.89. The minimum absolute atomic E-state index is 0.000643. The van der Waals surface area contributed by atoms with Crippen molar-refractivity contribution in [3.8, 4) is 0 Å². The second-order valence-electron chi connectivity index (χ2n) is 5.32. The van der Waals surface area contributed by atoms with Crippen molar-refractivity contribution in [2.45, 2.75) is 11.8 Å². The van der Waals surface area contributed by atoms with E-state index in [4.69, 9.17) is 0 Å². The Bertz CT molecular complexity index is 876. The molecule has 0 spiro atoms. The lowest BCUT2D eigenvalue weighted by Crippen LogP contribution is -2.23. The molecule has 0 heterocycles. The van der Waals surface area contributed by atoms with Crippen molar-refractivity contribution in [3.05, 3.63) is 59.2 Å². The van der Waals surface area contributed by atoms with Gasteiger partial charge < -0.3 is 5.32 Å². The van der Waals surface area contributed by atoms with Gasteiger partial charge in [0.2, 0.25) is 10.0 Å². The highest BCUT2D eigenvalue weighted by Crippen LogP contribution is 2.23. The van der Waals surface area contributed by atoms with Gasteiger partial charge in [0.15, 0.2) is 0 Å². The minimum Gasteiger partial charge on any atom is -0.322 e. The maximum atomic E-state index is 13.6. The summed E-state index contributed by atoms with van der Waals surface area (Å²) in [4.78, 5) is 12.1. The van der Waals surface area contributed by atoms with Crippen LogP contribution in [0.5, 0.6) is 0 Å². The number of nitrogens with one attached hydrogen (secondary N) is 1. The molecule has 0 aliphatic carbocycles. The summed E-state index contributed by atoms with van der Waals surface area (Å²) in [6.07, 6.45) is 0. The number of aryl methyl sites for hydroxylation is 1. The Kier molecular flexibility index (Phi) is 5.00. The molecule has 0 aliphatic rings. The molecule has 0 fully saturated rings. The topological polar surface area (TPSA) is 66.5 Å². The Balaban J connectivity index is 2.40. The molecule has 0 radical (unpaired) electrons. The molecule has 1 N–H and O–H groups in total. The Morgan fingerprint density at radius 2 is 1.67 bits per heavy atom. The molecule has 2 aromatic rings. The highest BCUT2D eigenvalue weighted by atomic mass is 32.2. The standard InChI is InChI=1S/C16H16F2N2O3S/c1-10-7-8-11(9-14(10)24(22,23)20(2)3)19-16(21)15-12(17)5-4-6-13(15)18/h4-9H,1-3H3,(H,19,21). The summed E-state index contributed by atoms with van der Waals surface area (Å²) in [5, 5.41) is 2.32. The number of hydrogen-bond donors (Lipinski definition) is 1. The van der Waals surface area contributed by atoms with E-state index < -0.39 is 33.1 Å². The van der Waals surface area contributed by atoms with Crippen LogP contribution < -0.4 is 5.32 Å². The van der Waals surface area contributed by atoms with Gasteiger partial charge in [-0.2, -0.15) is 0 Å². The monoisotopic (exact) mass is 354 g/mol. The Morgan fingerprint density at radius 1 is 1.08 bits per heavy atom. The number of sulfonamides is 1. The molecule has 1 amide bonds. The first-order chi connectivity index (χ1) is 11.1. The zero-order valence-electron chi connectivity index (χ0n) is 13.3. The van der Waals surface area contributed by atoms with Crippen LogP contribution in [-0.2, 0) is 10.0 Å². The first-order valence-electron chi connectivity index (χ1n) is 6.93. The number of hydrogen-bond acceptors (Lipinski definition) is 3. The summed E-state index contributed by atoms with van der Waals surface area (Å²) in [5.41, 5.74) is -0.123. The number of amides is 1. The van der Waals surface area contributed by atoms with Crippen molar-refractivity contribution < 1.29 is 22.0 Å². The molecular weight excluding hydrogens is 338 g/mol. The molecule has 2 aromatic carbocycles. The SMILES string of the molecule is Cc1ccc(NC(=O)c2c(F)cccc2F)cc1S(=O)(=O)N(C)C. The van der Waals surface area contributed by atoms with E-state index in [-0.39, 0.29) is 10.6 Å². The predicted octanol–water partition coefficient (Wildman–Crippen LogP) is 2.78. The fourth-order valence-electron chi connectivity index (χ4n) is 2.06. The number of halogens is 2. The number of carbonyl (C=O) groups is 1. The van der Waals surface area contributed by atoms with E-state index in [1.54, 1.807) is 6.92 Å². The van der Waals surface area contributed by atoms with Crippen LogP contribution in [0, 0.1) is 18.6 Å². The van der Waals surface area contributed by atoms with E-state index >= 15 is 0 Å². The number of rotatable bonds is 4. The molecule has 24 heavy (non-hydrogen) atoms. The van der Waals surface area contributed by atoms with Gasteiger partial charge in [-0.15, -0.1) is 0 Å². The molecule has 0 aliphatic heterocycles. The molecule has 128 valence electrons. The minimum atomic E-state index is -3.71. The van der Waals surface area contributed by atoms with Crippen molar-refractivity contribution in [1.82, 2.24) is 4.31 Å². The molecule has 0 atom stereocenters. The molecule has 5 nitrogen and oxygen atoms in total. The van der Waals surface area contributed by atoms with Crippen LogP contribution >= 0.6 is 0 Å². The lowest BCUT2D eigenvalue weighted by Gasteiger charge is -2.15. The van der Waals surface area contributed by atoms with Gasteiger partial charge in [-0.25, -0.2) is 21.5 Å². The molecule has 8 heteroatoms. The summed E-state index contributed by atoms with van der Waals surface area (Å²) < 4.78 is 52.8. The Labute approximate surface area is 139 Å². The molecule has 0 saturated heterocycles. The quantitative estimate of drug-likeness (QED) is 0.918. The third-order valence-electron chi connectivity index (χ3n) is 3.39. The molecular formula is C16H16F2N2O3S. The van der Waals surface area contributed by atoms with E-state index in [0.717, 1.165) is 22.5 Å². The summed E-state index contributed by atoms with van der Waals surface area (Å²) in [6.45, 7) is 1.61. The Morgan fingerprint density at radius 3 is 2.21 bits per heavy atom. The molecule has 0 saturated carbocycles. The lowest BCUT2D eigenvalue weighted by atomic mass is 10.1. The number of nitrogens with zero attached hydrogens (tertiary/aromatic N) is 1. The zero-order chi connectivity index (χ0) is 18.1. The van der Waals surface area contributed by atoms with Crippen molar-refractivity contribution in [2.24, 2.45) is 0 Å².